The standard InChI is InChI=1S/C22H27N3O2S/c1-24(16-20(26)23-18-12-6-7-13-19(18)28-2)21(17-10-4-3-5-11-17)22(27)25-14-8-9-15-25/h3-7,10-13,21H,8-9,14-16H2,1-2H3,(H,23,26)/t21-/m0/s1. The second kappa shape index (κ2) is 9.75. The van der Waals surface area contributed by atoms with E-state index in [2.05, 4.69) is 5.32 Å². The normalized spacial score (nSPS) is 14.9. The van der Waals surface area contributed by atoms with Crippen LogP contribution in [0.4, 0.5) is 5.69 Å². The van der Waals surface area contributed by atoms with Crippen molar-refractivity contribution in [3.05, 3.63) is 60.2 Å². The first-order valence-corrected chi connectivity index (χ1v) is 10.8. The molecule has 0 spiro atoms. The van der Waals surface area contributed by atoms with Gasteiger partial charge in [0.2, 0.25) is 11.8 Å². The Morgan fingerprint density at radius 3 is 2.39 bits per heavy atom. The topological polar surface area (TPSA) is 52.7 Å². The van der Waals surface area contributed by atoms with Gasteiger partial charge in [0.1, 0.15) is 6.04 Å². The minimum absolute atomic E-state index is 0.0727. The number of likely N-dealkylation sites (N-methyl/N-ethyl adjacent to an activating group) is 1. The van der Waals surface area contributed by atoms with Crippen LogP contribution in [0.15, 0.2) is 59.5 Å². The van der Waals surface area contributed by atoms with Gasteiger partial charge < -0.3 is 10.2 Å². The van der Waals surface area contributed by atoms with E-state index in [0.29, 0.717) is 0 Å². The summed E-state index contributed by atoms with van der Waals surface area (Å²) in [5, 5.41) is 2.98. The average molecular weight is 398 g/mol. The molecule has 1 saturated heterocycles. The molecule has 1 heterocycles. The lowest BCUT2D eigenvalue weighted by molar-refractivity contribution is -0.136. The minimum Gasteiger partial charge on any atom is -0.341 e. The van der Waals surface area contributed by atoms with Gasteiger partial charge in [-0.25, -0.2) is 0 Å². The summed E-state index contributed by atoms with van der Waals surface area (Å²) in [6.45, 7) is 1.73. The van der Waals surface area contributed by atoms with Gasteiger partial charge in [-0.15, -0.1) is 11.8 Å². The summed E-state index contributed by atoms with van der Waals surface area (Å²) >= 11 is 1.59. The number of para-hydroxylation sites is 1. The van der Waals surface area contributed by atoms with E-state index in [1.807, 2.05) is 77.7 Å². The lowest BCUT2D eigenvalue weighted by Gasteiger charge is -2.30. The van der Waals surface area contributed by atoms with Crippen LogP contribution < -0.4 is 5.32 Å². The van der Waals surface area contributed by atoms with Crippen molar-refractivity contribution >= 4 is 29.3 Å². The summed E-state index contributed by atoms with van der Waals surface area (Å²) in [5.74, 6) is -0.0531. The number of amides is 2. The Labute approximate surface area is 171 Å². The maximum Gasteiger partial charge on any atom is 0.244 e. The first kappa shape index (κ1) is 20.4. The number of nitrogens with one attached hydrogen (secondary N) is 1. The molecule has 3 rings (SSSR count). The van der Waals surface area contributed by atoms with Crippen molar-refractivity contribution in [3.8, 4) is 0 Å². The van der Waals surface area contributed by atoms with E-state index in [1.165, 1.54) is 0 Å². The van der Waals surface area contributed by atoms with E-state index < -0.39 is 6.04 Å². The highest BCUT2D eigenvalue weighted by Crippen LogP contribution is 2.26. The number of anilines is 1. The van der Waals surface area contributed by atoms with Crippen molar-refractivity contribution in [2.75, 3.05) is 38.3 Å². The van der Waals surface area contributed by atoms with E-state index in [1.54, 1.807) is 11.8 Å². The van der Waals surface area contributed by atoms with Crippen LogP contribution >= 0.6 is 11.8 Å². The molecule has 28 heavy (non-hydrogen) atoms. The maximum absolute atomic E-state index is 13.2. The van der Waals surface area contributed by atoms with Crippen molar-refractivity contribution < 1.29 is 9.59 Å². The third kappa shape index (κ3) is 4.94. The number of rotatable bonds is 7. The second-order valence-corrected chi connectivity index (χ2v) is 7.86. The highest BCUT2D eigenvalue weighted by molar-refractivity contribution is 7.98. The van der Waals surface area contributed by atoms with E-state index in [4.69, 9.17) is 0 Å². The van der Waals surface area contributed by atoms with Gasteiger partial charge in [-0.1, -0.05) is 42.5 Å². The van der Waals surface area contributed by atoms with Crippen molar-refractivity contribution in [2.24, 2.45) is 0 Å². The van der Waals surface area contributed by atoms with Gasteiger partial charge in [0.05, 0.1) is 12.2 Å². The third-order valence-electron chi connectivity index (χ3n) is 4.98. The zero-order valence-corrected chi connectivity index (χ0v) is 17.2. The molecule has 148 valence electrons. The summed E-state index contributed by atoms with van der Waals surface area (Å²) in [5.41, 5.74) is 1.72. The van der Waals surface area contributed by atoms with Gasteiger partial charge in [-0.2, -0.15) is 0 Å². The molecule has 0 bridgehead atoms. The van der Waals surface area contributed by atoms with Crippen LogP contribution in [0, 0.1) is 0 Å². The molecule has 0 aliphatic carbocycles. The van der Waals surface area contributed by atoms with Crippen LogP contribution in [0.2, 0.25) is 0 Å². The minimum atomic E-state index is -0.458. The van der Waals surface area contributed by atoms with Crippen molar-refractivity contribution in [1.82, 2.24) is 9.80 Å². The summed E-state index contributed by atoms with van der Waals surface area (Å²) < 4.78 is 0. The fraction of sp³-hybridized carbons (Fsp3) is 0.364. The van der Waals surface area contributed by atoms with Gasteiger partial charge in [0.15, 0.2) is 0 Å². The summed E-state index contributed by atoms with van der Waals surface area (Å²) in [6, 6.07) is 17.0. The maximum atomic E-state index is 13.2. The highest BCUT2D eigenvalue weighted by atomic mass is 32.2. The molecule has 1 atom stereocenters. The monoisotopic (exact) mass is 397 g/mol. The van der Waals surface area contributed by atoms with Gasteiger partial charge >= 0.3 is 0 Å². The number of carbonyl (C=O) groups excluding carboxylic acids is 2. The summed E-state index contributed by atoms with van der Waals surface area (Å²) in [6.07, 6.45) is 4.07. The van der Waals surface area contributed by atoms with Crippen LogP contribution in [0.5, 0.6) is 0 Å². The molecule has 0 unspecified atom stereocenters. The van der Waals surface area contributed by atoms with Crippen LogP contribution in [-0.4, -0.2) is 54.6 Å². The van der Waals surface area contributed by atoms with Gasteiger partial charge in [-0.3, -0.25) is 14.5 Å². The Morgan fingerprint density at radius 1 is 1.07 bits per heavy atom. The number of carbonyl (C=O) groups is 2. The number of thioether (sulfide) groups is 1. The fourth-order valence-electron chi connectivity index (χ4n) is 3.59. The zero-order valence-electron chi connectivity index (χ0n) is 16.4. The number of hydrogen-bond donors (Lipinski definition) is 1. The number of likely N-dealkylation sites (tertiary alicyclic amines) is 1. The van der Waals surface area contributed by atoms with Crippen LogP contribution in [0.25, 0.3) is 0 Å². The summed E-state index contributed by atoms with van der Waals surface area (Å²) in [7, 11) is 1.84. The van der Waals surface area contributed by atoms with Gasteiger partial charge in [-0.05, 0) is 43.8 Å². The third-order valence-corrected chi connectivity index (χ3v) is 5.78. The molecule has 6 heteroatoms. The molecule has 0 saturated carbocycles. The van der Waals surface area contributed by atoms with Crippen LogP contribution in [-0.2, 0) is 9.59 Å². The predicted molar refractivity (Wildman–Crippen MR) is 114 cm³/mol. The van der Waals surface area contributed by atoms with E-state index in [9.17, 15) is 9.59 Å². The zero-order chi connectivity index (χ0) is 19.9. The highest BCUT2D eigenvalue weighted by Gasteiger charge is 2.31. The van der Waals surface area contributed by atoms with Crippen molar-refractivity contribution in [1.29, 1.82) is 0 Å². The van der Waals surface area contributed by atoms with E-state index in [0.717, 1.165) is 42.1 Å². The molecular weight excluding hydrogens is 370 g/mol. The van der Waals surface area contributed by atoms with Gasteiger partial charge in [0, 0.05) is 18.0 Å². The molecule has 2 aromatic rings. The number of benzene rings is 2. The molecule has 5 nitrogen and oxygen atoms in total. The fourth-order valence-corrected chi connectivity index (χ4v) is 4.14. The molecule has 0 radical (unpaired) electrons. The lowest BCUT2D eigenvalue weighted by Crippen LogP contribution is -2.43. The first-order chi connectivity index (χ1) is 13.6. The largest absolute Gasteiger partial charge is 0.341 e. The molecule has 1 aliphatic rings. The van der Waals surface area contributed by atoms with Crippen LogP contribution in [0.1, 0.15) is 24.4 Å². The average Bonchev–Trinajstić information content (AvgIpc) is 3.24. The Morgan fingerprint density at radius 2 is 1.71 bits per heavy atom. The number of nitrogens with zero attached hydrogens (tertiary/aromatic N) is 2. The summed E-state index contributed by atoms with van der Waals surface area (Å²) in [4.78, 5) is 30.6. The van der Waals surface area contributed by atoms with Gasteiger partial charge in [0.25, 0.3) is 0 Å². The Kier molecular flexibility index (Phi) is 7.12. The van der Waals surface area contributed by atoms with Crippen molar-refractivity contribution in [3.63, 3.8) is 0 Å². The van der Waals surface area contributed by atoms with Crippen molar-refractivity contribution in [2.45, 2.75) is 23.8 Å². The molecular formula is C22H27N3O2S. The lowest BCUT2D eigenvalue weighted by atomic mass is 10.0. The quantitative estimate of drug-likeness (QED) is 0.725. The molecule has 1 fully saturated rings. The van der Waals surface area contributed by atoms with E-state index in [-0.39, 0.29) is 18.4 Å². The molecule has 1 N–H and O–H groups in total. The predicted octanol–water partition coefficient (Wildman–Crippen LogP) is 3.64. The molecule has 1 aliphatic heterocycles. The molecule has 0 aromatic heterocycles. The molecule has 2 amide bonds. The number of hydrogen-bond acceptors (Lipinski definition) is 4. The second-order valence-electron chi connectivity index (χ2n) is 7.01. The molecule has 2 aromatic carbocycles. The Bertz CT molecular complexity index is 806. The van der Waals surface area contributed by atoms with E-state index >= 15 is 0 Å². The SMILES string of the molecule is CSc1ccccc1NC(=O)CN(C)[C@H](C(=O)N1CCCC1)c1ccccc1. The first-order valence-electron chi connectivity index (χ1n) is 9.57. The Balaban J connectivity index is 1.74. The van der Waals surface area contributed by atoms with Crippen LogP contribution in [0.3, 0.4) is 0 Å². The smallest absolute Gasteiger partial charge is 0.244 e. The Hall–Kier alpha value is -2.31.